The van der Waals surface area contributed by atoms with Crippen molar-refractivity contribution < 1.29 is 9.53 Å². The number of rotatable bonds is 4. The molecule has 0 saturated heterocycles. The minimum Gasteiger partial charge on any atom is -0.384 e. The Labute approximate surface area is 187 Å². The number of methoxy groups -OCH3 is 1. The highest BCUT2D eigenvalue weighted by Crippen LogP contribution is 2.65. The lowest BCUT2D eigenvalue weighted by atomic mass is 9.52. The van der Waals surface area contributed by atoms with Crippen LogP contribution in [0.2, 0.25) is 0 Å². The van der Waals surface area contributed by atoms with Gasteiger partial charge in [0.2, 0.25) is 0 Å². The topological polar surface area (TPSA) is 29.5 Å². The Morgan fingerprint density at radius 3 is 2.55 bits per heavy atom. The van der Waals surface area contributed by atoms with Gasteiger partial charge in [0.15, 0.2) is 5.78 Å². The van der Waals surface area contributed by atoms with Gasteiger partial charge in [-0.3, -0.25) is 4.79 Å². The second kappa shape index (κ2) is 7.92. The molecule has 5 atom stereocenters. The van der Waals surface area contributed by atoms with Crippen molar-refractivity contribution in [1.82, 2.24) is 0 Å². The number of benzene rings is 1. The fraction of sp³-hybridized carbons (Fsp3) is 0.607. The molecule has 31 heavy (non-hydrogen) atoms. The number of hydrogen-bond acceptors (Lipinski definition) is 3. The molecule has 1 aromatic carbocycles. The third-order valence-electron chi connectivity index (χ3n) is 9.11. The molecule has 4 aliphatic rings. The van der Waals surface area contributed by atoms with E-state index in [-0.39, 0.29) is 0 Å². The Bertz CT molecular complexity index is 925. The van der Waals surface area contributed by atoms with E-state index in [4.69, 9.17) is 4.74 Å². The third kappa shape index (κ3) is 3.40. The normalized spacial score (nSPS) is 34.7. The van der Waals surface area contributed by atoms with Crippen LogP contribution in [0.25, 0.3) is 0 Å². The van der Waals surface area contributed by atoms with Gasteiger partial charge < -0.3 is 9.64 Å². The van der Waals surface area contributed by atoms with Crippen LogP contribution in [0.5, 0.6) is 0 Å². The molecule has 0 aromatic heterocycles. The average molecular weight is 420 g/mol. The van der Waals surface area contributed by atoms with Crippen LogP contribution in [0, 0.1) is 23.2 Å². The number of carbonyl (C=O) groups is 1. The van der Waals surface area contributed by atoms with Crippen molar-refractivity contribution in [2.75, 3.05) is 32.7 Å². The zero-order valence-corrected chi connectivity index (χ0v) is 19.6. The quantitative estimate of drug-likeness (QED) is 0.607. The highest BCUT2D eigenvalue weighted by molar-refractivity contribution is 5.93. The van der Waals surface area contributed by atoms with Crippen LogP contribution in [0.3, 0.4) is 0 Å². The Balaban J connectivity index is 1.62. The van der Waals surface area contributed by atoms with Crippen molar-refractivity contribution in [3.63, 3.8) is 0 Å². The minimum absolute atomic E-state index is 0.325. The molecular weight excluding hydrogens is 382 g/mol. The van der Waals surface area contributed by atoms with Gasteiger partial charge in [-0.1, -0.05) is 24.6 Å². The van der Waals surface area contributed by atoms with Crippen LogP contribution in [0.1, 0.15) is 63.4 Å². The van der Waals surface area contributed by atoms with Crippen LogP contribution >= 0.6 is 0 Å². The standard InChI is InChI=1S/C28H37NO2/c1-28-16-25(18-5-9-21(10-6-18)29(2)3)27-23-13-11-22(30)15-19(23)7-12-24(27)26(28)14-8-20(28)17-31-4/h5-6,9-10,15,20,24-26H,7-8,11-14,16-17H2,1-4H3/t20-,24-,25+,26+,28+/m0/s1. The average Bonchev–Trinajstić information content (AvgIpc) is 3.09. The van der Waals surface area contributed by atoms with E-state index in [1.807, 2.05) is 13.2 Å². The summed E-state index contributed by atoms with van der Waals surface area (Å²) < 4.78 is 5.69. The van der Waals surface area contributed by atoms with E-state index in [1.165, 1.54) is 42.5 Å². The lowest BCUT2D eigenvalue weighted by molar-refractivity contribution is -0.114. The number of nitrogens with zero attached hydrogens (tertiary/aromatic N) is 1. The molecule has 2 saturated carbocycles. The summed E-state index contributed by atoms with van der Waals surface area (Å²) in [5.41, 5.74) is 7.65. The summed E-state index contributed by atoms with van der Waals surface area (Å²) in [6, 6.07) is 9.27. The number of allylic oxidation sites excluding steroid dienone is 4. The molecule has 166 valence electrons. The molecule has 0 N–H and O–H groups in total. The van der Waals surface area contributed by atoms with Gasteiger partial charge in [0.25, 0.3) is 0 Å². The van der Waals surface area contributed by atoms with Gasteiger partial charge in [-0.15, -0.1) is 0 Å². The number of carbonyl (C=O) groups excluding carboxylic acids is 1. The summed E-state index contributed by atoms with van der Waals surface area (Å²) in [6.07, 6.45) is 9.75. The molecule has 0 amide bonds. The molecule has 0 bridgehead atoms. The van der Waals surface area contributed by atoms with Crippen LogP contribution in [-0.2, 0) is 9.53 Å². The first-order valence-corrected chi connectivity index (χ1v) is 12.1. The lowest BCUT2D eigenvalue weighted by Gasteiger charge is -2.52. The summed E-state index contributed by atoms with van der Waals surface area (Å²) >= 11 is 0. The Hall–Kier alpha value is -1.87. The van der Waals surface area contributed by atoms with Crippen LogP contribution in [0.4, 0.5) is 5.69 Å². The molecule has 0 spiro atoms. The molecule has 4 aliphatic carbocycles. The summed E-state index contributed by atoms with van der Waals surface area (Å²) in [4.78, 5) is 14.3. The van der Waals surface area contributed by atoms with Gasteiger partial charge >= 0.3 is 0 Å². The van der Waals surface area contributed by atoms with Gasteiger partial charge in [-0.25, -0.2) is 0 Å². The van der Waals surface area contributed by atoms with Gasteiger partial charge in [-0.05, 0) is 96.6 Å². The molecule has 0 unspecified atom stereocenters. The fourth-order valence-electron chi connectivity index (χ4n) is 7.54. The van der Waals surface area contributed by atoms with Crippen LogP contribution < -0.4 is 4.90 Å². The molecule has 3 nitrogen and oxygen atoms in total. The van der Waals surface area contributed by atoms with Crippen molar-refractivity contribution in [3.05, 3.63) is 52.6 Å². The second-order valence-electron chi connectivity index (χ2n) is 10.8. The van der Waals surface area contributed by atoms with Gasteiger partial charge in [0.05, 0.1) is 0 Å². The van der Waals surface area contributed by atoms with Crippen molar-refractivity contribution in [2.24, 2.45) is 23.2 Å². The first-order chi connectivity index (χ1) is 14.9. The molecule has 1 aromatic rings. The molecule has 5 rings (SSSR count). The number of ketones is 1. The molecule has 2 fully saturated rings. The van der Waals surface area contributed by atoms with Gasteiger partial charge in [0, 0.05) is 45.8 Å². The van der Waals surface area contributed by atoms with E-state index >= 15 is 0 Å². The van der Waals surface area contributed by atoms with Crippen LogP contribution in [0.15, 0.2) is 47.1 Å². The molecule has 0 radical (unpaired) electrons. The highest BCUT2D eigenvalue weighted by Gasteiger charge is 2.56. The predicted octanol–water partition coefficient (Wildman–Crippen LogP) is 5.91. The van der Waals surface area contributed by atoms with E-state index in [0.717, 1.165) is 25.4 Å². The van der Waals surface area contributed by atoms with E-state index in [1.54, 1.807) is 11.1 Å². The van der Waals surface area contributed by atoms with Crippen molar-refractivity contribution in [2.45, 2.75) is 57.8 Å². The first kappa shape index (κ1) is 21.0. The first-order valence-electron chi connectivity index (χ1n) is 12.1. The molecular formula is C28H37NO2. The van der Waals surface area contributed by atoms with Crippen molar-refractivity contribution >= 4 is 11.5 Å². The zero-order chi connectivity index (χ0) is 21.8. The maximum absolute atomic E-state index is 12.2. The lowest BCUT2D eigenvalue weighted by Crippen LogP contribution is -2.44. The number of hydrogen-bond donors (Lipinski definition) is 0. The monoisotopic (exact) mass is 419 g/mol. The van der Waals surface area contributed by atoms with Crippen LogP contribution in [-0.4, -0.2) is 33.6 Å². The zero-order valence-electron chi connectivity index (χ0n) is 19.6. The molecule has 3 heteroatoms. The largest absolute Gasteiger partial charge is 0.384 e. The Morgan fingerprint density at radius 1 is 1.06 bits per heavy atom. The Morgan fingerprint density at radius 2 is 1.84 bits per heavy atom. The van der Waals surface area contributed by atoms with Crippen molar-refractivity contribution in [1.29, 1.82) is 0 Å². The fourth-order valence-corrected chi connectivity index (χ4v) is 7.54. The maximum Gasteiger partial charge on any atom is 0.156 e. The SMILES string of the molecule is COC[C@@H]1CC[C@@H]2[C@@H]3CCC4=CC(=O)CCC4=C3[C@@H](c3ccc(N(C)C)cc3)C[C@]12C. The van der Waals surface area contributed by atoms with Gasteiger partial charge in [0.1, 0.15) is 0 Å². The minimum atomic E-state index is 0.325. The second-order valence-corrected chi connectivity index (χ2v) is 10.8. The molecule has 0 heterocycles. The van der Waals surface area contributed by atoms with E-state index in [0.29, 0.717) is 35.4 Å². The Kier molecular flexibility index (Phi) is 5.37. The number of anilines is 1. The van der Waals surface area contributed by atoms with Crippen molar-refractivity contribution in [3.8, 4) is 0 Å². The molecule has 0 aliphatic heterocycles. The smallest absolute Gasteiger partial charge is 0.156 e. The van der Waals surface area contributed by atoms with Gasteiger partial charge in [-0.2, -0.15) is 0 Å². The number of fused-ring (bicyclic) bond motifs is 4. The van der Waals surface area contributed by atoms with E-state index < -0.39 is 0 Å². The summed E-state index contributed by atoms with van der Waals surface area (Å²) in [5.74, 6) is 2.87. The highest BCUT2D eigenvalue weighted by atomic mass is 16.5. The van der Waals surface area contributed by atoms with E-state index in [9.17, 15) is 4.79 Å². The maximum atomic E-state index is 12.2. The summed E-state index contributed by atoms with van der Waals surface area (Å²) in [6.45, 7) is 3.45. The summed E-state index contributed by atoms with van der Waals surface area (Å²) in [5, 5.41) is 0. The van der Waals surface area contributed by atoms with E-state index in [2.05, 4.69) is 50.2 Å². The summed E-state index contributed by atoms with van der Waals surface area (Å²) in [7, 11) is 6.07. The third-order valence-corrected chi connectivity index (χ3v) is 9.11. The number of ether oxygens (including phenoxy) is 1. The predicted molar refractivity (Wildman–Crippen MR) is 126 cm³/mol.